The predicted octanol–water partition coefficient (Wildman–Crippen LogP) is 6.83. The molecule has 0 aliphatic rings. The van der Waals surface area contributed by atoms with Crippen LogP contribution in [0.2, 0.25) is 0 Å². The summed E-state index contributed by atoms with van der Waals surface area (Å²) in [5.41, 5.74) is 0. The smallest absolute Gasteiger partial charge is 0.0431 e. The van der Waals surface area contributed by atoms with E-state index in [4.69, 9.17) is 5.11 Å². The number of aliphatic hydroxyl groups excluding tert-OH is 1. The summed E-state index contributed by atoms with van der Waals surface area (Å²) < 4.78 is 0. The van der Waals surface area contributed by atoms with Crippen molar-refractivity contribution in [1.29, 1.82) is 0 Å². The standard InChI is InChI=1S/C20H41O/c1-2-3-4-5-6-7-8-9-10-11-12-13-14-15-16-17-18-19-20-21/h17,21H,2-16,18-20H2,1H3. The molecule has 1 N–H and O–H groups in total. The maximum absolute atomic E-state index is 8.67. The van der Waals surface area contributed by atoms with Crippen molar-refractivity contribution in [3.8, 4) is 0 Å². The normalized spacial score (nSPS) is 11.1. The second-order valence-electron chi connectivity index (χ2n) is 6.54. The third-order valence-electron chi connectivity index (χ3n) is 4.33. The van der Waals surface area contributed by atoms with Crippen LogP contribution in [0.5, 0.6) is 0 Å². The molecule has 1 heteroatoms. The van der Waals surface area contributed by atoms with Crippen molar-refractivity contribution < 1.29 is 5.11 Å². The van der Waals surface area contributed by atoms with Crippen LogP contribution in [-0.2, 0) is 0 Å². The van der Waals surface area contributed by atoms with Crippen molar-refractivity contribution in [1.82, 2.24) is 0 Å². The highest BCUT2D eigenvalue weighted by Crippen LogP contribution is 2.13. The fraction of sp³-hybridized carbons (Fsp3) is 0.950. The van der Waals surface area contributed by atoms with E-state index in [1.165, 1.54) is 96.3 Å². The average molecular weight is 298 g/mol. The van der Waals surface area contributed by atoms with Crippen molar-refractivity contribution in [3.05, 3.63) is 6.42 Å². The van der Waals surface area contributed by atoms with Gasteiger partial charge in [-0.1, -0.05) is 103 Å². The average Bonchev–Trinajstić information content (AvgIpc) is 2.50. The maximum atomic E-state index is 8.67. The summed E-state index contributed by atoms with van der Waals surface area (Å²) in [5.74, 6) is 0. The minimum atomic E-state index is 0.342. The molecule has 0 amide bonds. The van der Waals surface area contributed by atoms with Gasteiger partial charge in [0.05, 0.1) is 0 Å². The van der Waals surface area contributed by atoms with Gasteiger partial charge in [-0.3, -0.25) is 0 Å². The van der Waals surface area contributed by atoms with Crippen LogP contribution in [0.15, 0.2) is 0 Å². The Kier molecular flexibility index (Phi) is 19.9. The lowest BCUT2D eigenvalue weighted by molar-refractivity contribution is 0.287. The van der Waals surface area contributed by atoms with Crippen molar-refractivity contribution in [3.63, 3.8) is 0 Å². The monoisotopic (exact) mass is 297 g/mol. The van der Waals surface area contributed by atoms with Gasteiger partial charge in [-0.05, 0) is 19.3 Å². The Morgan fingerprint density at radius 1 is 0.524 bits per heavy atom. The molecular formula is C20H41O. The summed E-state index contributed by atoms with van der Waals surface area (Å²) in [6.45, 7) is 2.63. The van der Waals surface area contributed by atoms with Crippen LogP contribution in [0.3, 0.4) is 0 Å². The zero-order chi connectivity index (χ0) is 15.4. The van der Waals surface area contributed by atoms with Crippen LogP contribution < -0.4 is 0 Å². The quantitative estimate of drug-likeness (QED) is 0.275. The van der Waals surface area contributed by atoms with Crippen LogP contribution in [-0.4, -0.2) is 11.7 Å². The Labute approximate surface area is 134 Å². The van der Waals surface area contributed by atoms with Gasteiger partial charge in [0, 0.05) is 6.61 Å². The SMILES string of the molecule is CCCCCCCCCCCCCCCC[CH]CCCO. The Hall–Kier alpha value is -0.0400. The molecule has 127 valence electrons. The number of aliphatic hydroxyl groups is 1. The highest BCUT2D eigenvalue weighted by molar-refractivity contribution is 4.64. The number of unbranched alkanes of at least 4 members (excludes halogenated alkanes) is 17. The Morgan fingerprint density at radius 2 is 0.905 bits per heavy atom. The van der Waals surface area contributed by atoms with Gasteiger partial charge in [-0.2, -0.15) is 0 Å². The largest absolute Gasteiger partial charge is 0.396 e. The van der Waals surface area contributed by atoms with Gasteiger partial charge in [-0.15, -0.1) is 0 Å². The minimum absolute atomic E-state index is 0.342. The number of rotatable bonds is 18. The van der Waals surface area contributed by atoms with E-state index in [1.54, 1.807) is 0 Å². The van der Waals surface area contributed by atoms with Crippen molar-refractivity contribution in [2.45, 2.75) is 116 Å². The Balaban J connectivity index is 2.90. The molecule has 1 nitrogen and oxygen atoms in total. The molecule has 0 aliphatic carbocycles. The molecule has 0 unspecified atom stereocenters. The molecule has 0 aromatic rings. The van der Waals surface area contributed by atoms with Crippen molar-refractivity contribution in [2.24, 2.45) is 0 Å². The molecule has 0 aliphatic heterocycles. The van der Waals surface area contributed by atoms with E-state index in [1.807, 2.05) is 0 Å². The number of hydrogen-bond acceptors (Lipinski definition) is 1. The lowest BCUT2D eigenvalue weighted by Gasteiger charge is -2.03. The minimum Gasteiger partial charge on any atom is -0.396 e. The fourth-order valence-corrected chi connectivity index (χ4v) is 2.86. The summed E-state index contributed by atoms with van der Waals surface area (Å²) >= 11 is 0. The van der Waals surface area contributed by atoms with E-state index in [0.717, 1.165) is 12.8 Å². The predicted molar refractivity (Wildman–Crippen MR) is 95.5 cm³/mol. The highest BCUT2D eigenvalue weighted by Gasteiger charge is 1.94. The first-order valence-electron chi connectivity index (χ1n) is 9.84. The molecule has 0 aromatic carbocycles. The van der Waals surface area contributed by atoms with Crippen LogP contribution in [0, 0.1) is 6.42 Å². The molecule has 0 atom stereocenters. The molecule has 0 spiro atoms. The third-order valence-corrected chi connectivity index (χ3v) is 4.33. The summed E-state index contributed by atoms with van der Waals surface area (Å²) in [4.78, 5) is 0. The lowest BCUT2D eigenvalue weighted by Crippen LogP contribution is -1.85. The molecule has 1 radical (unpaired) electrons. The van der Waals surface area contributed by atoms with Crippen LogP contribution in [0.25, 0.3) is 0 Å². The van der Waals surface area contributed by atoms with E-state index in [2.05, 4.69) is 13.3 Å². The third kappa shape index (κ3) is 20.0. The first-order valence-corrected chi connectivity index (χ1v) is 9.84. The van der Waals surface area contributed by atoms with Gasteiger partial charge >= 0.3 is 0 Å². The second-order valence-corrected chi connectivity index (χ2v) is 6.54. The first kappa shape index (κ1) is 21.0. The molecule has 21 heavy (non-hydrogen) atoms. The molecule has 0 saturated heterocycles. The van der Waals surface area contributed by atoms with E-state index in [0.29, 0.717) is 6.61 Å². The fourth-order valence-electron chi connectivity index (χ4n) is 2.86. The van der Waals surface area contributed by atoms with Crippen LogP contribution in [0.1, 0.15) is 116 Å². The summed E-state index contributed by atoms with van der Waals surface area (Å²) in [6.07, 6.45) is 25.7. The van der Waals surface area contributed by atoms with Gasteiger partial charge in [0.1, 0.15) is 0 Å². The van der Waals surface area contributed by atoms with Gasteiger partial charge in [-0.25, -0.2) is 0 Å². The molecular weight excluding hydrogens is 256 g/mol. The summed E-state index contributed by atoms with van der Waals surface area (Å²) in [7, 11) is 0. The molecule has 0 heterocycles. The molecule has 0 saturated carbocycles. The maximum Gasteiger partial charge on any atom is 0.0431 e. The Bertz CT molecular complexity index is 149. The zero-order valence-corrected chi connectivity index (χ0v) is 14.8. The topological polar surface area (TPSA) is 20.2 Å². The van der Waals surface area contributed by atoms with E-state index in [9.17, 15) is 0 Å². The van der Waals surface area contributed by atoms with Gasteiger partial charge < -0.3 is 5.11 Å². The molecule has 0 fully saturated rings. The van der Waals surface area contributed by atoms with Crippen molar-refractivity contribution in [2.75, 3.05) is 6.61 Å². The number of hydrogen-bond donors (Lipinski definition) is 1. The first-order chi connectivity index (χ1) is 10.4. The van der Waals surface area contributed by atoms with E-state index >= 15 is 0 Å². The van der Waals surface area contributed by atoms with Gasteiger partial charge in [0.25, 0.3) is 0 Å². The van der Waals surface area contributed by atoms with Gasteiger partial charge in [0.15, 0.2) is 0 Å². The van der Waals surface area contributed by atoms with Crippen LogP contribution in [0.4, 0.5) is 0 Å². The Morgan fingerprint density at radius 3 is 1.33 bits per heavy atom. The second kappa shape index (κ2) is 20.0. The van der Waals surface area contributed by atoms with E-state index in [-0.39, 0.29) is 0 Å². The van der Waals surface area contributed by atoms with Crippen molar-refractivity contribution >= 4 is 0 Å². The molecule has 0 rings (SSSR count). The highest BCUT2D eigenvalue weighted by atomic mass is 16.2. The lowest BCUT2D eigenvalue weighted by atomic mass is 10.0. The summed E-state index contributed by atoms with van der Waals surface area (Å²) in [6, 6.07) is 0. The van der Waals surface area contributed by atoms with E-state index < -0.39 is 0 Å². The zero-order valence-electron chi connectivity index (χ0n) is 14.8. The molecule has 0 bridgehead atoms. The summed E-state index contributed by atoms with van der Waals surface area (Å²) in [5, 5.41) is 8.67. The van der Waals surface area contributed by atoms with Crippen LogP contribution >= 0.6 is 0 Å². The van der Waals surface area contributed by atoms with Gasteiger partial charge in [0.2, 0.25) is 0 Å². The molecule has 0 aromatic heterocycles.